The molecule has 156 valence electrons. The topological polar surface area (TPSA) is 64.7 Å². The van der Waals surface area contributed by atoms with Gasteiger partial charge in [0.25, 0.3) is 5.91 Å². The van der Waals surface area contributed by atoms with Crippen molar-refractivity contribution in [3.63, 3.8) is 0 Å². The average Bonchev–Trinajstić information content (AvgIpc) is 3.50. The third kappa shape index (κ3) is 3.64. The summed E-state index contributed by atoms with van der Waals surface area (Å²) in [6, 6.07) is 17.0. The lowest BCUT2D eigenvalue weighted by atomic mass is 10.1. The molecule has 0 saturated carbocycles. The van der Waals surface area contributed by atoms with Crippen LogP contribution in [0.15, 0.2) is 67.0 Å². The molecular formula is C24H22ClN5O. The van der Waals surface area contributed by atoms with Gasteiger partial charge in [0.2, 0.25) is 0 Å². The number of fused-ring (bicyclic) bond motifs is 1. The molecule has 7 heteroatoms. The molecule has 0 radical (unpaired) electrons. The van der Waals surface area contributed by atoms with Crippen molar-refractivity contribution in [3.8, 4) is 5.69 Å². The number of benzene rings is 2. The SMILES string of the molecule is Cn1ccnc1[C@H](NC(=O)c1nn(-c2ccccc2)c2c1CCC2)c1ccc(Cl)cc1. The van der Waals surface area contributed by atoms with E-state index in [0.29, 0.717) is 10.7 Å². The smallest absolute Gasteiger partial charge is 0.272 e. The average molecular weight is 432 g/mol. The highest BCUT2D eigenvalue weighted by Gasteiger charge is 2.29. The number of hydrogen-bond acceptors (Lipinski definition) is 3. The summed E-state index contributed by atoms with van der Waals surface area (Å²) in [5.74, 6) is 0.547. The van der Waals surface area contributed by atoms with Crippen molar-refractivity contribution in [1.29, 1.82) is 0 Å². The molecule has 0 saturated heterocycles. The Labute approximate surface area is 185 Å². The number of hydrogen-bond donors (Lipinski definition) is 1. The number of imidazole rings is 1. The molecule has 2 heterocycles. The number of aryl methyl sites for hydroxylation is 1. The number of para-hydroxylation sites is 1. The van der Waals surface area contributed by atoms with Gasteiger partial charge in [-0.25, -0.2) is 9.67 Å². The summed E-state index contributed by atoms with van der Waals surface area (Å²) in [5.41, 5.74) is 4.53. The predicted molar refractivity (Wildman–Crippen MR) is 120 cm³/mol. The van der Waals surface area contributed by atoms with Crippen LogP contribution in [-0.4, -0.2) is 25.2 Å². The summed E-state index contributed by atoms with van der Waals surface area (Å²) < 4.78 is 3.82. The molecule has 2 aromatic carbocycles. The second-order valence-corrected chi connectivity index (χ2v) is 8.17. The summed E-state index contributed by atoms with van der Waals surface area (Å²) >= 11 is 6.08. The van der Waals surface area contributed by atoms with Gasteiger partial charge in [0.05, 0.1) is 5.69 Å². The van der Waals surface area contributed by atoms with Gasteiger partial charge in [0.15, 0.2) is 5.69 Å². The largest absolute Gasteiger partial charge is 0.337 e. The van der Waals surface area contributed by atoms with Crippen LogP contribution in [0.25, 0.3) is 5.69 Å². The first-order valence-electron chi connectivity index (χ1n) is 10.3. The Kier molecular flexibility index (Phi) is 5.08. The number of nitrogens with one attached hydrogen (secondary N) is 1. The molecule has 0 aliphatic heterocycles. The van der Waals surface area contributed by atoms with Crippen LogP contribution >= 0.6 is 11.6 Å². The predicted octanol–water partition coefficient (Wildman–Crippen LogP) is 4.27. The van der Waals surface area contributed by atoms with Crippen LogP contribution in [0.3, 0.4) is 0 Å². The maximum Gasteiger partial charge on any atom is 0.272 e. The van der Waals surface area contributed by atoms with E-state index in [1.54, 1.807) is 6.20 Å². The minimum atomic E-state index is -0.413. The van der Waals surface area contributed by atoms with Gasteiger partial charge in [0.1, 0.15) is 11.9 Å². The molecule has 2 aromatic heterocycles. The Balaban J connectivity index is 1.52. The Hall–Kier alpha value is -3.38. The quantitative estimate of drug-likeness (QED) is 0.513. The molecule has 0 fully saturated rings. The number of halogens is 1. The van der Waals surface area contributed by atoms with Crippen molar-refractivity contribution in [2.24, 2.45) is 7.05 Å². The minimum absolute atomic E-state index is 0.198. The van der Waals surface area contributed by atoms with Gasteiger partial charge in [0, 0.05) is 35.7 Å². The zero-order valence-corrected chi connectivity index (χ0v) is 17.9. The molecule has 1 atom stereocenters. The molecule has 0 bridgehead atoms. The number of nitrogens with zero attached hydrogens (tertiary/aromatic N) is 4. The number of rotatable bonds is 5. The second-order valence-electron chi connectivity index (χ2n) is 7.73. The third-order valence-corrected chi connectivity index (χ3v) is 5.99. The van der Waals surface area contributed by atoms with Crippen molar-refractivity contribution < 1.29 is 4.79 Å². The van der Waals surface area contributed by atoms with Crippen LogP contribution in [0.4, 0.5) is 0 Å². The van der Waals surface area contributed by atoms with E-state index in [0.717, 1.165) is 47.6 Å². The molecule has 0 spiro atoms. The first kappa shape index (κ1) is 19.6. The van der Waals surface area contributed by atoms with Crippen molar-refractivity contribution in [3.05, 3.63) is 100 Å². The van der Waals surface area contributed by atoms with Crippen molar-refractivity contribution in [2.75, 3.05) is 0 Å². The van der Waals surface area contributed by atoms with Crippen LogP contribution < -0.4 is 5.32 Å². The van der Waals surface area contributed by atoms with E-state index in [1.807, 2.05) is 77.1 Å². The monoisotopic (exact) mass is 431 g/mol. The van der Waals surface area contributed by atoms with E-state index >= 15 is 0 Å². The van der Waals surface area contributed by atoms with E-state index in [1.165, 1.54) is 0 Å². The van der Waals surface area contributed by atoms with Crippen LogP contribution in [0.1, 0.15) is 45.6 Å². The maximum absolute atomic E-state index is 13.5. The molecule has 1 aliphatic rings. The highest BCUT2D eigenvalue weighted by Crippen LogP contribution is 2.29. The van der Waals surface area contributed by atoms with Crippen LogP contribution in [0.2, 0.25) is 5.02 Å². The first-order chi connectivity index (χ1) is 15.1. The summed E-state index contributed by atoms with van der Waals surface area (Å²) in [7, 11) is 1.92. The highest BCUT2D eigenvalue weighted by molar-refractivity contribution is 6.30. The Morgan fingerprint density at radius 2 is 1.87 bits per heavy atom. The molecule has 1 N–H and O–H groups in total. The van der Waals surface area contributed by atoms with E-state index in [9.17, 15) is 4.79 Å². The zero-order chi connectivity index (χ0) is 21.4. The molecular weight excluding hydrogens is 410 g/mol. The van der Waals surface area contributed by atoms with E-state index in [-0.39, 0.29) is 5.91 Å². The molecule has 1 amide bonds. The third-order valence-electron chi connectivity index (χ3n) is 5.74. The van der Waals surface area contributed by atoms with Gasteiger partial charge < -0.3 is 9.88 Å². The maximum atomic E-state index is 13.5. The van der Waals surface area contributed by atoms with Crippen LogP contribution in [-0.2, 0) is 19.9 Å². The number of carbonyl (C=O) groups is 1. The van der Waals surface area contributed by atoms with Gasteiger partial charge in [-0.05, 0) is 49.1 Å². The molecule has 31 heavy (non-hydrogen) atoms. The van der Waals surface area contributed by atoms with E-state index in [4.69, 9.17) is 16.7 Å². The van der Waals surface area contributed by atoms with Gasteiger partial charge in [-0.1, -0.05) is 41.9 Å². The van der Waals surface area contributed by atoms with Gasteiger partial charge in [-0.15, -0.1) is 0 Å². The second kappa shape index (κ2) is 8.04. The van der Waals surface area contributed by atoms with E-state index in [2.05, 4.69) is 10.3 Å². The van der Waals surface area contributed by atoms with E-state index < -0.39 is 6.04 Å². The number of carbonyl (C=O) groups excluding carboxylic acids is 1. The minimum Gasteiger partial charge on any atom is -0.337 e. The fourth-order valence-electron chi connectivity index (χ4n) is 4.21. The van der Waals surface area contributed by atoms with Gasteiger partial charge in [-0.2, -0.15) is 5.10 Å². The van der Waals surface area contributed by atoms with Gasteiger partial charge in [-0.3, -0.25) is 4.79 Å². The summed E-state index contributed by atoms with van der Waals surface area (Å²) in [5, 5.41) is 8.53. The first-order valence-corrected chi connectivity index (χ1v) is 10.7. The van der Waals surface area contributed by atoms with Crippen molar-refractivity contribution in [1.82, 2.24) is 24.6 Å². The highest BCUT2D eigenvalue weighted by atomic mass is 35.5. The fraction of sp³-hybridized carbons (Fsp3) is 0.208. The Morgan fingerprint density at radius 3 is 2.58 bits per heavy atom. The number of amides is 1. The lowest BCUT2D eigenvalue weighted by molar-refractivity contribution is 0.0934. The standard InChI is InChI=1S/C24H22ClN5O/c1-29-15-14-26-23(29)21(16-10-12-17(25)13-11-16)27-24(31)22-19-8-5-9-20(19)30(28-22)18-6-3-2-4-7-18/h2-4,6-7,10-15,21H,5,8-9H2,1H3,(H,27,31)/t21-/m1/s1. The molecule has 1 aliphatic carbocycles. The van der Waals surface area contributed by atoms with Gasteiger partial charge >= 0.3 is 0 Å². The fourth-order valence-corrected chi connectivity index (χ4v) is 4.34. The van der Waals surface area contributed by atoms with Crippen molar-refractivity contribution >= 4 is 17.5 Å². The molecule has 4 aromatic rings. The van der Waals surface area contributed by atoms with Crippen molar-refractivity contribution in [2.45, 2.75) is 25.3 Å². The molecule has 0 unspecified atom stereocenters. The zero-order valence-electron chi connectivity index (χ0n) is 17.1. The summed E-state index contributed by atoms with van der Waals surface area (Å²) in [6.07, 6.45) is 6.40. The Morgan fingerprint density at radius 1 is 1.10 bits per heavy atom. The summed E-state index contributed by atoms with van der Waals surface area (Å²) in [4.78, 5) is 17.9. The normalized spacial score (nSPS) is 13.7. The van der Waals surface area contributed by atoms with Crippen LogP contribution in [0.5, 0.6) is 0 Å². The summed E-state index contributed by atoms with van der Waals surface area (Å²) in [6.45, 7) is 0. The lowest BCUT2D eigenvalue weighted by Gasteiger charge is -2.19. The lowest BCUT2D eigenvalue weighted by Crippen LogP contribution is -2.32. The number of aromatic nitrogens is 4. The molecule has 6 nitrogen and oxygen atoms in total. The molecule has 5 rings (SSSR count). The Bertz CT molecular complexity index is 1230. The van der Waals surface area contributed by atoms with Crippen LogP contribution in [0, 0.1) is 0 Å².